The molecule has 1 saturated heterocycles. The van der Waals surface area contributed by atoms with Gasteiger partial charge in [0.05, 0.1) is 6.10 Å². The molecule has 0 spiro atoms. The summed E-state index contributed by atoms with van der Waals surface area (Å²) in [5, 5.41) is 0.162. The van der Waals surface area contributed by atoms with Crippen LogP contribution in [-0.2, 0) is 18.7 Å². The summed E-state index contributed by atoms with van der Waals surface area (Å²) in [7, 11) is -1.84. The molecule has 1 saturated carbocycles. The van der Waals surface area contributed by atoms with Crippen molar-refractivity contribution in [1.82, 2.24) is 0 Å². The van der Waals surface area contributed by atoms with Gasteiger partial charge in [0.2, 0.25) is 0 Å². The summed E-state index contributed by atoms with van der Waals surface area (Å²) in [5.74, 6) is -0.417. The van der Waals surface area contributed by atoms with Crippen LogP contribution in [0.25, 0.3) is 0 Å². The van der Waals surface area contributed by atoms with Crippen LogP contribution in [0.5, 0.6) is 0 Å². The summed E-state index contributed by atoms with van der Waals surface area (Å²) in [4.78, 5) is 12.2. The Balaban J connectivity index is 2.10. The van der Waals surface area contributed by atoms with Gasteiger partial charge in [0.25, 0.3) is 0 Å². The number of fused-ring (bicyclic) bond motifs is 1. The Morgan fingerprint density at radius 2 is 1.86 bits per heavy atom. The Morgan fingerprint density at radius 3 is 2.38 bits per heavy atom. The predicted molar refractivity (Wildman–Crippen MR) is 84.7 cm³/mol. The summed E-state index contributed by atoms with van der Waals surface area (Å²) in [6.45, 7) is 17.0. The third kappa shape index (κ3) is 3.26. The number of hydrogen-bond donors (Lipinski definition) is 0. The van der Waals surface area contributed by atoms with Crippen molar-refractivity contribution in [2.75, 3.05) is 0 Å². The average molecular weight is 314 g/mol. The normalized spacial score (nSPS) is 34.1. The molecular formula is C16H30O4Si. The Kier molecular flexibility index (Phi) is 4.20. The van der Waals surface area contributed by atoms with Crippen molar-refractivity contribution in [1.29, 1.82) is 0 Å². The second-order valence-corrected chi connectivity index (χ2v) is 13.2. The predicted octanol–water partition coefficient (Wildman–Crippen LogP) is 3.51. The Hall–Kier alpha value is -0.233. The van der Waals surface area contributed by atoms with Gasteiger partial charge in [-0.1, -0.05) is 20.8 Å². The van der Waals surface area contributed by atoms with Gasteiger partial charge in [0.1, 0.15) is 6.10 Å². The third-order valence-corrected chi connectivity index (χ3v) is 9.77. The van der Waals surface area contributed by atoms with E-state index in [2.05, 4.69) is 40.8 Å². The summed E-state index contributed by atoms with van der Waals surface area (Å²) in [6.07, 6.45) is -0.0497. The fraction of sp³-hybridized carbons (Fsp3) is 0.938. The molecule has 4 atom stereocenters. The highest BCUT2D eigenvalue weighted by Crippen LogP contribution is 2.44. The molecule has 0 aromatic rings. The summed E-state index contributed by atoms with van der Waals surface area (Å²) < 4.78 is 18.2. The van der Waals surface area contributed by atoms with Crippen molar-refractivity contribution in [2.45, 2.75) is 90.2 Å². The smallest absolute Gasteiger partial charge is 0.192 e. The molecule has 0 aromatic carbocycles. The summed E-state index contributed by atoms with van der Waals surface area (Å²) >= 11 is 0. The lowest BCUT2D eigenvalue weighted by Gasteiger charge is -2.40. The maximum atomic E-state index is 12.2. The Morgan fingerprint density at radius 1 is 1.29 bits per heavy atom. The number of rotatable bonds is 3. The van der Waals surface area contributed by atoms with Crippen molar-refractivity contribution in [3.63, 3.8) is 0 Å². The quantitative estimate of drug-likeness (QED) is 0.748. The highest BCUT2D eigenvalue weighted by molar-refractivity contribution is 6.74. The first-order valence-corrected chi connectivity index (χ1v) is 10.8. The highest BCUT2D eigenvalue weighted by Gasteiger charge is 2.56. The lowest BCUT2D eigenvalue weighted by molar-refractivity contribution is -0.165. The van der Waals surface area contributed by atoms with Crippen LogP contribution in [-0.4, -0.2) is 38.2 Å². The lowest BCUT2D eigenvalue weighted by Crippen LogP contribution is -2.46. The fourth-order valence-electron chi connectivity index (χ4n) is 2.98. The van der Waals surface area contributed by atoms with Crippen molar-refractivity contribution >= 4 is 14.1 Å². The lowest BCUT2D eigenvalue weighted by atomic mass is 10.00. The SMILES string of the molecule is CC(O[Si](C)(C)C(C)(C)C)C1CC(=O)C2OC(C)(C)OC21. The zero-order valence-corrected chi connectivity index (χ0v) is 15.6. The molecule has 0 radical (unpaired) electrons. The molecule has 122 valence electrons. The van der Waals surface area contributed by atoms with Gasteiger partial charge in [-0.05, 0) is 38.9 Å². The molecule has 4 unspecified atom stereocenters. The molecule has 0 amide bonds. The third-order valence-electron chi connectivity index (χ3n) is 5.19. The Labute approximate surface area is 129 Å². The molecule has 21 heavy (non-hydrogen) atoms. The number of carbonyl (C=O) groups excluding carboxylic acids is 1. The number of Topliss-reactive ketones (excluding diaryl/α,β-unsaturated/α-hetero) is 1. The van der Waals surface area contributed by atoms with E-state index >= 15 is 0 Å². The molecule has 0 aromatic heterocycles. The van der Waals surface area contributed by atoms with Crippen LogP contribution >= 0.6 is 0 Å². The van der Waals surface area contributed by atoms with E-state index in [1.54, 1.807) is 0 Å². The standard InChI is InChI=1S/C16H30O4Si/c1-10(20-21(7,8)15(2,3)4)11-9-12(17)14-13(11)18-16(5,6)19-14/h10-11,13-14H,9H2,1-8H3. The van der Waals surface area contributed by atoms with Crippen molar-refractivity contribution < 1.29 is 18.7 Å². The monoisotopic (exact) mass is 314 g/mol. The van der Waals surface area contributed by atoms with Crippen LogP contribution in [0.1, 0.15) is 48.0 Å². The van der Waals surface area contributed by atoms with Crippen molar-refractivity contribution in [2.24, 2.45) is 5.92 Å². The maximum Gasteiger partial charge on any atom is 0.192 e. The fourth-order valence-corrected chi connectivity index (χ4v) is 4.44. The number of ether oxygens (including phenoxy) is 2. The van der Waals surface area contributed by atoms with E-state index in [0.717, 1.165) is 0 Å². The van der Waals surface area contributed by atoms with E-state index in [9.17, 15) is 4.79 Å². The van der Waals surface area contributed by atoms with Gasteiger partial charge in [-0.25, -0.2) is 0 Å². The van der Waals surface area contributed by atoms with E-state index in [0.29, 0.717) is 6.42 Å². The molecule has 2 rings (SSSR count). The van der Waals surface area contributed by atoms with Crippen LogP contribution in [0.3, 0.4) is 0 Å². The molecule has 4 nitrogen and oxygen atoms in total. The van der Waals surface area contributed by atoms with Gasteiger partial charge in [0.15, 0.2) is 19.9 Å². The van der Waals surface area contributed by atoms with Gasteiger partial charge in [0, 0.05) is 18.4 Å². The number of carbonyl (C=O) groups is 1. The van der Waals surface area contributed by atoms with Crippen LogP contribution in [0.15, 0.2) is 0 Å². The van der Waals surface area contributed by atoms with Gasteiger partial charge in [-0.15, -0.1) is 0 Å². The zero-order valence-electron chi connectivity index (χ0n) is 14.6. The van der Waals surface area contributed by atoms with E-state index in [-0.39, 0.29) is 28.9 Å². The molecule has 1 aliphatic heterocycles. The molecule has 5 heteroatoms. The van der Waals surface area contributed by atoms with Crippen LogP contribution in [0.2, 0.25) is 18.1 Å². The highest BCUT2D eigenvalue weighted by atomic mass is 28.4. The summed E-state index contributed by atoms with van der Waals surface area (Å²) in [5.41, 5.74) is 0. The first kappa shape index (κ1) is 17.1. The Bertz CT molecular complexity index is 424. The average Bonchev–Trinajstić information content (AvgIpc) is 2.72. The van der Waals surface area contributed by atoms with Gasteiger partial charge in [-0.3, -0.25) is 4.79 Å². The minimum absolute atomic E-state index is 0.0161. The van der Waals surface area contributed by atoms with Crippen LogP contribution in [0.4, 0.5) is 0 Å². The van der Waals surface area contributed by atoms with E-state index in [4.69, 9.17) is 13.9 Å². The van der Waals surface area contributed by atoms with Crippen LogP contribution in [0, 0.1) is 5.92 Å². The molecule has 0 bridgehead atoms. The van der Waals surface area contributed by atoms with E-state index < -0.39 is 20.2 Å². The van der Waals surface area contributed by atoms with Crippen molar-refractivity contribution in [3.05, 3.63) is 0 Å². The number of ketones is 1. The van der Waals surface area contributed by atoms with Gasteiger partial charge in [-0.2, -0.15) is 0 Å². The van der Waals surface area contributed by atoms with E-state index in [1.807, 2.05) is 13.8 Å². The maximum absolute atomic E-state index is 12.2. The second-order valence-electron chi connectivity index (χ2n) is 8.44. The molecule has 1 aliphatic carbocycles. The first-order valence-electron chi connectivity index (χ1n) is 7.90. The number of hydrogen-bond acceptors (Lipinski definition) is 4. The van der Waals surface area contributed by atoms with Gasteiger partial charge < -0.3 is 13.9 Å². The van der Waals surface area contributed by atoms with Crippen molar-refractivity contribution in [3.8, 4) is 0 Å². The zero-order chi connectivity index (χ0) is 16.2. The minimum atomic E-state index is -1.84. The van der Waals surface area contributed by atoms with E-state index in [1.165, 1.54) is 0 Å². The van der Waals surface area contributed by atoms with Gasteiger partial charge >= 0.3 is 0 Å². The largest absolute Gasteiger partial charge is 0.414 e. The minimum Gasteiger partial charge on any atom is -0.414 e. The molecular weight excluding hydrogens is 284 g/mol. The summed E-state index contributed by atoms with van der Waals surface area (Å²) in [6, 6.07) is 0. The molecule has 2 fully saturated rings. The first-order chi connectivity index (χ1) is 9.34. The topological polar surface area (TPSA) is 44.8 Å². The second kappa shape index (κ2) is 5.15. The molecule has 0 N–H and O–H groups in total. The van der Waals surface area contributed by atoms with Crippen LogP contribution < -0.4 is 0 Å². The molecule has 2 aliphatic rings. The molecule has 1 heterocycles.